The average molecular weight is 283 g/mol. The molecule has 3 rings (SSSR count). The van der Waals surface area contributed by atoms with Crippen molar-refractivity contribution in [3.8, 4) is 5.69 Å². The van der Waals surface area contributed by atoms with Crippen molar-refractivity contribution >= 4 is 5.82 Å². The van der Waals surface area contributed by atoms with Gasteiger partial charge in [-0.1, -0.05) is 26.0 Å². The van der Waals surface area contributed by atoms with E-state index < -0.39 is 0 Å². The highest BCUT2D eigenvalue weighted by Crippen LogP contribution is 2.29. The predicted molar refractivity (Wildman–Crippen MR) is 88.3 cm³/mol. The van der Waals surface area contributed by atoms with E-state index in [1.165, 1.54) is 35.5 Å². The second-order valence-corrected chi connectivity index (χ2v) is 6.51. The molecule has 0 radical (unpaired) electrons. The van der Waals surface area contributed by atoms with Crippen molar-refractivity contribution in [2.45, 2.75) is 46.5 Å². The van der Waals surface area contributed by atoms with Crippen LogP contribution in [-0.2, 0) is 12.8 Å². The third kappa shape index (κ3) is 2.97. The minimum atomic E-state index is 0.637. The lowest BCUT2D eigenvalue weighted by molar-refractivity contribution is 0.622. The number of nitrogens with one attached hydrogen (secondary N) is 1. The Morgan fingerprint density at radius 1 is 1.29 bits per heavy atom. The van der Waals surface area contributed by atoms with Gasteiger partial charge in [0.1, 0.15) is 5.82 Å². The highest BCUT2D eigenvalue weighted by molar-refractivity contribution is 5.54. The molecule has 0 fully saturated rings. The second-order valence-electron chi connectivity index (χ2n) is 6.51. The first-order chi connectivity index (χ1) is 10.1. The first-order valence-corrected chi connectivity index (χ1v) is 8.07. The van der Waals surface area contributed by atoms with E-state index in [1.54, 1.807) is 0 Å². The van der Waals surface area contributed by atoms with Crippen LogP contribution in [0.4, 0.5) is 5.82 Å². The van der Waals surface area contributed by atoms with Crippen molar-refractivity contribution in [1.29, 1.82) is 0 Å². The zero-order valence-electron chi connectivity index (χ0n) is 13.3. The predicted octanol–water partition coefficient (Wildman–Crippen LogP) is 4.13. The lowest BCUT2D eigenvalue weighted by Crippen LogP contribution is -2.07. The third-order valence-electron chi connectivity index (χ3n) is 4.06. The summed E-state index contributed by atoms with van der Waals surface area (Å²) in [6.45, 7) is 7.71. The number of hydrogen-bond acceptors (Lipinski definition) is 2. The molecule has 2 heterocycles. The Morgan fingerprint density at radius 2 is 2.14 bits per heavy atom. The second kappa shape index (κ2) is 5.92. The lowest BCUT2D eigenvalue weighted by atomic mass is 10.0. The molecule has 3 heteroatoms. The molecule has 1 aromatic carbocycles. The van der Waals surface area contributed by atoms with Gasteiger partial charge in [0.2, 0.25) is 0 Å². The number of hydrogen-bond donors (Lipinski definition) is 1. The minimum absolute atomic E-state index is 0.637. The summed E-state index contributed by atoms with van der Waals surface area (Å²) in [7, 11) is 0. The molecule has 0 saturated heterocycles. The standard InChI is InChI=1S/C18H25N3/c1-13(2)11-17-16-9-4-5-10-19-18(16)21(20-17)15-8-6-7-14(3)12-15/h6-8,12-13,19H,4-5,9-11H2,1-3H3. The van der Waals surface area contributed by atoms with Gasteiger partial charge in [-0.2, -0.15) is 5.10 Å². The Hall–Kier alpha value is -1.77. The van der Waals surface area contributed by atoms with Crippen molar-refractivity contribution in [2.24, 2.45) is 5.92 Å². The molecule has 2 aromatic rings. The highest BCUT2D eigenvalue weighted by atomic mass is 15.3. The van der Waals surface area contributed by atoms with Crippen molar-refractivity contribution in [2.75, 3.05) is 11.9 Å². The molecule has 1 N–H and O–H groups in total. The van der Waals surface area contributed by atoms with Gasteiger partial charge in [0.15, 0.2) is 0 Å². The van der Waals surface area contributed by atoms with E-state index in [0.29, 0.717) is 5.92 Å². The molecule has 0 amide bonds. The van der Waals surface area contributed by atoms with E-state index in [1.807, 2.05) is 0 Å². The lowest BCUT2D eigenvalue weighted by Gasteiger charge is -2.09. The highest BCUT2D eigenvalue weighted by Gasteiger charge is 2.20. The van der Waals surface area contributed by atoms with Crippen LogP contribution in [0.2, 0.25) is 0 Å². The maximum absolute atomic E-state index is 4.94. The monoisotopic (exact) mass is 283 g/mol. The van der Waals surface area contributed by atoms with Crippen LogP contribution in [0.3, 0.4) is 0 Å². The van der Waals surface area contributed by atoms with Crippen molar-refractivity contribution in [1.82, 2.24) is 9.78 Å². The quantitative estimate of drug-likeness (QED) is 0.918. The number of aromatic nitrogens is 2. The van der Waals surface area contributed by atoms with Crippen LogP contribution in [-0.4, -0.2) is 16.3 Å². The first-order valence-electron chi connectivity index (χ1n) is 8.07. The van der Waals surface area contributed by atoms with E-state index >= 15 is 0 Å². The summed E-state index contributed by atoms with van der Waals surface area (Å²) in [5.41, 5.74) is 5.14. The smallest absolute Gasteiger partial charge is 0.133 e. The largest absolute Gasteiger partial charge is 0.370 e. The van der Waals surface area contributed by atoms with Gasteiger partial charge in [-0.25, -0.2) is 4.68 Å². The van der Waals surface area contributed by atoms with Crippen molar-refractivity contribution in [3.05, 3.63) is 41.1 Å². The molecule has 0 unspecified atom stereocenters. The average Bonchev–Trinajstić information content (AvgIpc) is 2.62. The molecule has 3 nitrogen and oxygen atoms in total. The van der Waals surface area contributed by atoms with Crippen molar-refractivity contribution < 1.29 is 0 Å². The fourth-order valence-electron chi connectivity index (χ4n) is 3.07. The topological polar surface area (TPSA) is 29.9 Å². The summed E-state index contributed by atoms with van der Waals surface area (Å²) < 4.78 is 2.12. The molecule has 0 atom stereocenters. The van der Waals surface area contributed by atoms with E-state index in [2.05, 4.69) is 55.0 Å². The summed E-state index contributed by atoms with van der Waals surface area (Å²) in [4.78, 5) is 0. The van der Waals surface area contributed by atoms with Crippen LogP contribution in [0.15, 0.2) is 24.3 Å². The summed E-state index contributed by atoms with van der Waals surface area (Å²) in [6.07, 6.45) is 4.70. The Morgan fingerprint density at radius 3 is 2.90 bits per heavy atom. The van der Waals surface area contributed by atoms with Crippen molar-refractivity contribution in [3.63, 3.8) is 0 Å². The van der Waals surface area contributed by atoms with Gasteiger partial charge in [0.25, 0.3) is 0 Å². The number of benzene rings is 1. The molecule has 1 aliphatic heterocycles. The molecule has 1 aliphatic rings. The summed E-state index contributed by atoms with van der Waals surface area (Å²) in [5, 5.41) is 8.54. The Kier molecular flexibility index (Phi) is 4.00. The van der Waals surface area contributed by atoms with Crippen LogP contribution < -0.4 is 5.32 Å². The van der Waals surface area contributed by atoms with Gasteiger partial charge in [0.05, 0.1) is 11.4 Å². The number of aryl methyl sites for hydroxylation is 1. The molecule has 0 bridgehead atoms. The summed E-state index contributed by atoms with van der Waals surface area (Å²) in [5.74, 6) is 1.85. The van der Waals surface area contributed by atoms with E-state index in [-0.39, 0.29) is 0 Å². The Bertz CT molecular complexity index is 625. The van der Waals surface area contributed by atoms with Crippen LogP contribution in [0.5, 0.6) is 0 Å². The Balaban J connectivity index is 2.09. The molecule has 0 aliphatic carbocycles. The van der Waals surface area contributed by atoms with Crippen LogP contribution >= 0.6 is 0 Å². The van der Waals surface area contributed by atoms with E-state index in [4.69, 9.17) is 5.10 Å². The van der Waals surface area contributed by atoms with Crippen LogP contribution in [0.25, 0.3) is 5.69 Å². The fourth-order valence-corrected chi connectivity index (χ4v) is 3.07. The molecular weight excluding hydrogens is 258 g/mol. The number of anilines is 1. The minimum Gasteiger partial charge on any atom is -0.370 e. The first kappa shape index (κ1) is 14.2. The van der Waals surface area contributed by atoms with Gasteiger partial charge in [-0.15, -0.1) is 0 Å². The third-order valence-corrected chi connectivity index (χ3v) is 4.06. The normalized spacial score (nSPS) is 14.7. The van der Waals surface area contributed by atoms with E-state index in [9.17, 15) is 0 Å². The van der Waals surface area contributed by atoms with Gasteiger partial charge >= 0.3 is 0 Å². The zero-order chi connectivity index (χ0) is 14.8. The molecule has 1 aromatic heterocycles. The van der Waals surface area contributed by atoms with Gasteiger partial charge in [0, 0.05) is 12.1 Å². The molecule has 21 heavy (non-hydrogen) atoms. The number of rotatable bonds is 3. The Labute approximate surface area is 127 Å². The number of fused-ring (bicyclic) bond motifs is 1. The number of nitrogens with zero attached hydrogens (tertiary/aromatic N) is 2. The maximum atomic E-state index is 4.94. The van der Waals surface area contributed by atoms with Gasteiger partial charge < -0.3 is 5.32 Å². The molecule has 0 spiro atoms. The van der Waals surface area contributed by atoms with Crippen LogP contribution in [0, 0.1) is 12.8 Å². The van der Waals surface area contributed by atoms with Gasteiger partial charge in [-0.05, 0) is 56.2 Å². The summed E-state index contributed by atoms with van der Waals surface area (Å²) in [6, 6.07) is 8.59. The molecule has 0 saturated carbocycles. The van der Waals surface area contributed by atoms with Crippen LogP contribution in [0.1, 0.15) is 43.5 Å². The van der Waals surface area contributed by atoms with Gasteiger partial charge in [-0.3, -0.25) is 0 Å². The van der Waals surface area contributed by atoms with E-state index in [0.717, 1.165) is 25.1 Å². The fraction of sp³-hybridized carbons (Fsp3) is 0.500. The SMILES string of the molecule is Cc1cccc(-n2nc(CC(C)C)c3c2NCCCC3)c1. The maximum Gasteiger partial charge on any atom is 0.133 e. The summed E-state index contributed by atoms with van der Waals surface area (Å²) >= 11 is 0. The molecule has 112 valence electrons. The zero-order valence-corrected chi connectivity index (χ0v) is 13.3. The molecular formula is C18H25N3.